The molecule has 14 rings (SSSR count). The Kier molecular flexibility index (Phi) is 8.05. The number of hydrogen-bond acceptors (Lipinski definition) is 1. The van der Waals surface area contributed by atoms with E-state index in [1.54, 1.807) is 0 Å². The summed E-state index contributed by atoms with van der Waals surface area (Å²) in [6, 6.07) is 73.2. The van der Waals surface area contributed by atoms with Gasteiger partial charge < -0.3 is 18.3 Å². The molecule has 5 nitrogen and oxygen atoms in total. The van der Waals surface area contributed by atoms with Crippen LogP contribution in [0, 0.1) is 23.0 Å². The van der Waals surface area contributed by atoms with Crippen molar-refractivity contribution in [1.82, 2.24) is 18.3 Å². The summed E-state index contributed by atoms with van der Waals surface area (Å²) in [5.74, 6) is -1.39. The van der Waals surface area contributed by atoms with Crippen molar-refractivity contribution in [3.8, 4) is 39.9 Å². The van der Waals surface area contributed by atoms with Crippen molar-refractivity contribution in [1.29, 1.82) is 5.26 Å². The number of hydrogen-bond donors (Lipinski definition) is 0. The summed E-state index contributed by atoms with van der Waals surface area (Å²) >= 11 is 0. The smallest absolute Gasteiger partial charge is 0.126 e. The number of para-hydroxylation sites is 6. The number of aromatic nitrogens is 4. The molecule has 0 amide bonds. The SMILES string of the molecule is N#Cc1cc(-n2c3ccccc3c3ccc(-n4c5ccccc5c5ccccc54)cc32)c(-c2cc(F)cc(F)c2)cc1-n1c2ccccc2c2ccc(-n3c4ccccc4c4ccccc43)cc21. The zero-order chi connectivity index (χ0) is 45.2. The van der Waals surface area contributed by atoms with Gasteiger partial charge in [-0.05, 0) is 90.5 Å². The Bertz CT molecular complexity index is 4370. The quantitative estimate of drug-likeness (QED) is 0.170. The van der Waals surface area contributed by atoms with Crippen molar-refractivity contribution in [2.75, 3.05) is 0 Å². The van der Waals surface area contributed by atoms with Crippen LogP contribution in [0.3, 0.4) is 0 Å². The minimum Gasteiger partial charge on any atom is -0.309 e. The van der Waals surface area contributed by atoms with E-state index in [1.807, 2.05) is 36.4 Å². The van der Waals surface area contributed by atoms with E-state index < -0.39 is 11.6 Å². The lowest BCUT2D eigenvalue weighted by atomic mass is 9.99. The number of halogens is 2. The fourth-order valence-corrected chi connectivity index (χ4v) is 11.1. The highest BCUT2D eigenvalue weighted by Gasteiger charge is 2.24. The third-order valence-electron chi connectivity index (χ3n) is 13.9. The molecule has 318 valence electrons. The van der Waals surface area contributed by atoms with Gasteiger partial charge in [-0.3, -0.25) is 0 Å². The van der Waals surface area contributed by atoms with Gasteiger partial charge >= 0.3 is 0 Å². The normalized spacial score (nSPS) is 12.0. The molecule has 14 aromatic rings. The maximum absolute atomic E-state index is 15.6. The van der Waals surface area contributed by atoms with E-state index in [0.717, 1.165) is 105 Å². The fraction of sp³-hybridized carbons (Fsp3) is 0. The monoisotopic (exact) mass is 875 g/mol. The van der Waals surface area contributed by atoms with Crippen LogP contribution < -0.4 is 0 Å². The molecule has 0 saturated heterocycles. The molecule has 0 aliphatic carbocycles. The highest BCUT2D eigenvalue weighted by molar-refractivity contribution is 6.14. The van der Waals surface area contributed by atoms with E-state index in [1.165, 1.54) is 12.1 Å². The summed E-state index contributed by atoms with van der Waals surface area (Å²) in [5.41, 5.74) is 12.3. The first-order valence-corrected chi connectivity index (χ1v) is 22.6. The predicted molar refractivity (Wildman–Crippen MR) is 274 cm³/mol. The highest BCUT2D eigenvalue weighted by atomic mass is 19.1. The van der Waals surface area contributed by atoms with Crippen molar-refractivity contribution in [2.45, 2.75) is 0 Å². The second kappa shape index (κ2) is 14.4. The number of rotatable bonds is 5. The van der Waals surface area contributed by atoms with Gasteiger partial charge in [-0.15, -0.1) is 0 Å². The van der Waals surface area contributed by atoms with Gasteiger partial charge in [0.15, 0.2) is 0 Å². The Morgan fingerprint density at radius 2 is 0.647 bits per heavy atom. The van der Waals surface area contributed by atoms with Crippen LogP contribution in [0.5, 0.6) is 0 Å². The lowest BCUT2D eigenvalue weighted by Gasteiger charge is -2.19. The van der Waals surface area contributed by atoms with Gasteiger partial charge in [0.25, 0.3) is 0 Å². The van der Waals surface area contributed by atoms with E-state index in [9.17, 15) is 5.26 Å². The van der Waals surface area contributed by atoms with Gasteiger partial charge in [0.2, 0.25) is 0 Å². The summed E-state index contributed by atoms with van der Waals surface area (Å²) in [6.07, 6.45) is 0. The number of fused-ring (bicyclic) bond motifs is 12. The van der Waals surface area contributed by atoms with Crippen molar-refractivity contribution >= 4 is 87.2 Å². The summed E-state index contributed by atoms with van der Waals surface area (Å²) in [4.78, 5) is 0. The van der Waals surface area contributed by atoms with Crippen LogP contribution in [0.25, 0.3) is 121 Å². The molecule has 0 bridgehead atoms. The third-order valence-corrected chi connectivity index (χ3v) is 13.9. The van der Waals surface area contributed by atoms with Gasteiger partial charge in [-0.1, -0.05) is 121 Å². The molecule has 0 fully saturated rings. The summed E-state index contributed by atoms with van der Waals surface area (Å²) < 4.78 is 40.0. The number of nitriles is 1. The molecule has 0 unspecified atom stereocenters. The minimum atomic E-state index is -0.694. The van der Waals surface area contributed by atoms with Crippen LogP contribution in [-0.2, 0) is 0 Å². The molecule has 0 aliphatic heterocycles. The van der Waals surface area contributed by atoms with Crippen LogP contribution >= 0.6 is 0 Å². The van der Waals surface area contributed by atoms with Gasteiger partial charge in [0.05, 0.1) is 61.1 Å². The zero-order valence-corrected chi connectivity index (χ0v) is 36.2. The van der Waals surface area contributed by atoms with Crippen LogP contribution in [0.2, 0.25) is 0 Å². The Balaban J connectivity index is 1.07. The molecule has 0 spiro atoms. The van der Waals surface area contributed by atoms with E-state index in [0.29, 0.717) is 28.1 Å². The van der Waals surface area contributed by atoms with Gasteiger partial charge in [-0.25, -0.2) is 8.78 Å². The molecule has 4 heterocycles. The molecular weight excluding hydrogens is 841 g/mol. The van der Waals surface area contributed by atoms with Gasteiger partial charge in [0.1, 0.15) is 17.7 Å². The van der Waals surface area contributed by atoms with Crippen LogP contribution in [0.4, 0.5) is 8.78 Å². The van der Waals surface area contributed by atoms with Gasteiger partial charge in [0, 0.05) is 66.1 Å². The van der Waals surface area contributed by atoms with Crippen molar-refractivity contribution in [3.63, 3.8) is 0 Å². The summed E-state index contributed by atoms with van der Waals surface area (Å²) in [6.45, 7) is 0. The van der Waals surface area contributed by atoms with Crippen molar-refractivity contribution in [2.24, 2.45) is 0 Å². The minimum absolute atomic E-state index is 0.347. The number of benzene rings is 10. The molecule has 0 saturated carbocycles. The number of nitrogens with zero attached hydrogens (tertiary/aromatic N) is 5. The van der Waals surface area contributed by atoms with Gasteiger partial charge in [-0.2, -0.15) is 5.26 Å². The molecule has 10 aromatic carbocycles. The summed E-state index contributed by atoms with van der Waals surface area (Å²) in [7, 11) is 0. The van der Waals surface area contributed by atoms with Crippen LogP contribution in [0.1, 0.15) is 5.56 Å². The fourth-order valence-electron chi connectivity index (χ4n) is 11.1. The Hall–Kier alpha value is -9.25. The van der Waals surface area contributed by atoms with Crippen molar-refractivity contribution in [3.05, 3.63) is 230 Å². The maximum atomic E-state index is 15.6. The average molecular weight is 876 g/mol. The van der Waals surface area contributed by atoms with Crippen LogP contribution in [-0.4, -0.2) is 18.3 Å². The first-order valence-electron chi connectivity index (χ1n) is 22.6. The first-order chi connectivity index (χ1) is 33.5. The molecule has 0 N–H and O–H groups in total. The molecule has 7 heteroatoms. The van der Waals surface area contributed by atoms with Crippen molar-refractivity contribution < 1.29 is 8.78 Å². The first kappa shape index (κ1) is 38.1. The predicted octanol–water partition coefficient (Wildman–Crippen LogP) is 15.9. The molecule has 0 atom stereocenters. The Morgan fingerprint density at radius 1 is 0.309 bits per heavy atom. The van der Waals surface area contributed by atoms with E-state index >= 15 is 8.78 Å². The second-order valence-corrected chi connectivity index (χ2v) is 17.5. The average Bonchev–Trinajstić information content (AvgIpc) is 4.10. The van der Waals surface area contributed by atoms with E-state index in [2.05, 4.69) is 182 Å². The molecular formula is C61H35F2N5. The molecule has 4 aromatic heterocycles. The molecule has 0 radical (unpaired) electrons. The zero-order valence-electron chi connectivity index (χ0n) is 36.2. The summed E-state index contributed by atoms with van der Waals surface area (Å²) in [5, 5.41) is 20.0. The Morgan fingerprint density at radius 3 is 1.03 bits per heavy atom. The van der Waals surface area contributed by atoms with E-state index in [-0.39, 0.29) is 0 Å². The maximum Gasteiger partial charge on any atom is 0.126 e. The second-order valence-electron chi connectivity index (χ2n) is 17.5. The topological polar surface area (TPSA) is 43.5 Å². The Labute approximate surface area is 387 Å². The molecule has 0 aliphatic rings. The largest absolute Gasteiger partial charge is 0.309 e. The van der Waals surface area contributed by atoms with Crippen LogP contribution in [0.15, 0.2) is 212 Å². The van der Waals surface area contributed by atoms with E-state index in [4.69, 9.17) is 0 Å². The molecule has 68 heavy (non-hydrogen) atoms. The standard InChI is InChI=1S/C61H35F2N5/c62-39-29-37(30-40(63)32-39)51-35-58(67-56-23-11-5-17-47(56)49-27-25-41(33-60(49)67)65-52-19-7-1-13-43(52)44-14-2-8-20-53(44)65)38(36-64)31-59(51)68-57-24-12-6-18-48(57)50-28-26-42(34-61(50)68)66-54-21-9-3-15-45(54)46-16-4-10-22-55(46)66/h1-35H. The third kappa shape index (κ3) is 5.40. The highest BCUT2D eigenvalue weighted by Crippen LogP contribution is 2.43. The lowest BCUT2D eigenvalue weighted by molar-refractivity contribution is 0.584. The lowest BCUT2D eigenvalue weighted by Crippen LogP contribution is -2.05.